The fourth-order valence-electron chi connectivity index (χ4n) is 2.77. The molecule has 0 bridgehead atoms. The van der Waals surface area contributed by atoms with E-state index in [1.807, 2.05) is 30.3 Å². The summed E-state index contributed by atoms with van der Waals surface area (Å²) in [6, 6.07) is 14.6. The summed E-state index contributed by atoms with van der Waals surface area (Å²) in [7, 11) is 0. The van der Waals surface area contributed by atoms with Gasteiger partial charge in [-0.25, -0.2) is 5.43 Å². The lowest BCUT2D eigenvalue weighted by molar-refractivity contribution is -0.384. The number of amidine groups is 1. The maximum atomic E-state index is 12.2. The largest absolute Gasteiger partial charge is 0.285 e. The highest BCUT2D eigenvalue weighted by atomic mass is 16.6. The normalized spacial score (nSPS) is 16.2. The van der Waals surface area contributed by atoms with Gasteiger partial charge in [-0.15, -0.1) is 0 Å². The van der Waals surface area contributed by atoms with Crippen molar-refractivity contribution in [3.8, 4) is 0 Å². The van der Waals surface area contributed by atoms with E-state index in [9.17, 15) is 19.7 Å². The lowest BCUT2D eigenvalue weighted by atomic mass is 10.1. The Labute approximate surface area is 172 Å². The number of hydrazine groups is 1. The van der Waals surface area contributed by atoms with Gasteiger partial charge < -0.3 is 0 Å². The highest BCUT2D eigenvalue weighted by Gasteiger charge is 2.25. The van der Waals surface area contributed by atoms with Gasteiger partial charge in [0.2, 0.25) is 5.91 Å². The van der Waals surface area contributed by atoms with Gasteiger partial charge in [-0.2, -0.15) is 5.10 Å². The highest BCUT2D eigenvalue weighted by Crippen LogP contribution is 2.12. The zero-order valence-corrected chi connectivity index (χ0v) is 16.2. The molecule has 2 aromatic rings. The lowest BCUT2D eigenvalue weighted by Gasteiger charge is -2.21. The summed E-state index contributed by atoms with van der Waals surface area (Å²) in [4.78, 5) is 38.8. The molecule has 10 nitrogen and oxygen atoms in total. The Morgan fingerprint density at radius 2 is 1.87 bits per heavy atom. The Balaban J connectivity index is 1.59. The van der Waals surface area contributed by atoms with Crippen molar-refractivity contribution in [3.05, 3.63) is 75.8 Å². The van der Waals surface area contributed by atoms with Crippen LogP contribution in [0.2, 0.25) is 0 Å². The molecule has 154 valence electrons. The van der Waals surface area contributed by atoms with E-state index in [4.69, 9.17) is 0 Å². The Morgan fingerprint density at radius 1 is 1.17 bits per heavy atom. The molecule has 1 heterocycles. The standard InChI is InChI=1S/C20H20N6O4/c1-13(15-7-9-16(10-8-15)26(29)30)22-24-19(27)12-17-20(28)25-23-18(21-17)11-14-5-3-2-4-6-14/h2-10,17H,11-12H2,1H3,(H,21,23)(H,24,27)(H,25,28)/t17-/m1/s1. The molecule has 0 saturated carbocycles. The number of carbonyl (C=O) groups excluding carboxylic acids is 2. The smallest absolute Gasteiger partial charge is 0.269 e. The Bertz CT molecular complexity index is 1000. The summed E-state index contributed by atoms with van der Waals surface area (Å²) in [6.45, 7) is 1.66. The fraction of sp³-hybridized carbons (Fsp3) is 0.200. The van der Waals surface area contributed by atoms with Crippen molar-refractivity contribution in [1.29, 1.82) is 0 Å². The van der Waals surface area contributed by atoms with Crippen LogP contribution in [-0.2, 0) is 16.0 Å². The second kappa shape index (κ2) is 9.41. The van der Waals surface area contributed by atoms with Crippen molar-refractivity contribution < 1.29 is 14.5 Å². The summed E-state index contributed by atoms with van der Waals surface area (Å²) in [6.07, 6.45) is 0.333. The summed E-state index contributed by atoms with van der Waals surface area (Å²) in [5.74, 6) is -0.316. The molecule has 2 amide bonds. The summed E-state index contributed by atoms with van der Waals surface area (Å²) in [5.41, 5.74) is 9.76. The third-order valence-corrected chi connectivity index (χ3v) is 4.38. The van der Waals surface area contributed by atoms with Crippen LogP contribution in [0, 0.1) is 10.1 Å². The van der Waals surface area contributed by atoms with Crippen LogP contribution in [0.25, 0.3) is 0 Å². The zero-order chi connectivity index (χ0) is 21.5. The summed E-state index contributed by atoms with van der Waals surface area (Å²) in [5, 5.41) is 14.7. The number of nitrogens with one attached hydrogen (secondary N) is 3. The second-order valence-corrected chi connectivity index (χ2v) is 6.61. The number of nitro benzene ring substituents is 1. The number of benzene rings is 2. The van der Waals surface area contributed by atoms with Crippen LogP contribution in [0.4, 0.5) is 5.69 Å². The first-order valence-electron chi connectivity index (χ1n) is 9.17. The molecule has 0 aromatic heterocycles. The molecule has 0 spiro atoms. The molecule has 3 rings (SSSR count). The minimum Gasteiger partial charge on any atom is -0.285 e. The maximum absolute atomic E-state index is 12.2. The minimum absolute atomic E-state index is 0.0309. The van der Waals surface area contributed by atoms with Crippen molar-refractivity contribution in [2.75, 3.05) is 0 Å². The first kappa shape index (κ1) is 20.6. The summed E-state index contributed by atoms with van der Waals surface area (Å²) < 4.78 is 0. The van der Waals surface area contributed by atoms with Crippen molar-refractivity contribution in [1.82, 2.24) is 16.3 Å². The summed E-state index contributed by atoms with van der Waals surface area (Å²) >= 11 is 0. The average Bonchev–Trinajstić information content (AvgIpc) is 2.75. The monoisotopic (exact) mass is 408 g/mol. The Morgan fingerprint density at radius 3 is 2.53 bits per heavy atom. The van der Waals surface area contributed by atoms with Crippen LogP contribution in [0.3, 0.4) is 0 Å². The van der Waals surface area contributed by atoms with Gasteiger partial charge in [-0.1, -0.05) is 30.3 Å². The van der Waals surface area contributed by atoms with E-state index in [1.165, 1.54) is 12.1 Å². The van der Waals surface area contributed by atoms with Gasteiger partial charge in [0.25, 0.3) is 11.6 Å². The van der Waals surface area contributed by atoms with Crippen molar-refractivity contribution >= 4 is 29.0 Å². The molecule has 2 aromatic carbocycles. The third-order valence-electron chi connectivity index (χ3n) is 4.38. The van der Waals surface area contributed by atoms with Crippen LogP contribution >= 0.6 is 0 Å². The van der Waals surface area contributed by atoms with Crippen LogP contribution in [0.15, 0.2) is 64.7 Å². The average molecular weight is 408 g/mol. The van der Waals surface area contributed by atoms with Gasteiger partial charge in [-0.05, 0) is 30.2 Å². The van der Waals surface area contributed by atoms with Crippen molar-refractivity contribution in [2.45, 2.75) is 25.8 Å². The molecule has 0 fully saturated rings. The van der Waals surface area contributed by atoms with Crippen LogP contribution in [-0.4, -0.2) is 34.3 Å². The number of amides is 2. The van der Waals surface area contributed by atoms with Crippen LogP contribution < -0.4 is 16.3 Å². The molecule has 0 unspecified atom stereocenters. The number of hydrazone groups is 1. The third kappa shape index (κ3) is 5.47. The predicted molar refractivity (Wildman–Crippen MR) is 111 cm³/mol. The molecular weight excluding hydrogens is 388 g/mol. The Kier molecular flexibility index (Phi) is 6.48. The molecular formula is C20H20N6O4. The number of hydrogen-bond donors (Lipinski definition) is 3. The molecule has 0 aliphatic carbocycles. The van der Waals surface area contributed by atoms with E-state index in [2.05, 4.69) is 26.4 Å². The second-order valence-electron chi connectivity index (χ2n) is 6.61. The lowest BCUT2D eigenvalue weighted by Crippen LogP contribution is -2.52. The minimum atomic E-state index is -0.861. The first-order valence-corrected chi connectivity index (χ1v) is 9.17. The zero-order valence-electron chi connectivity index (χ0n) is 16.2. The Hall–Kier alpha value is -4.08. The molecule has 1 aliphatic heterocycles. The maximum Gasteiger partial charge on any atom is 0.269 e. The topological polar surface area (TPSA) is 138 Å². The number of aliphatic imine (C=N–C) groups is 1. The van der Waals surface area contributed by atoms with Crippen LogP contribution in [0.5, 0.6) is 0 Å². The molecule has 0 radical (unpaired) electrons. The van der Waals surface area contributed by atoms with Crippen molar-refractivity contribution in [3.63, 3.8) is 0 Å². The van der Waals surface area contributed by atoms with Gasteiger partial charge in [0.1, 0.15) is 11.9 Å². The van der Waals surface area contributed by atoms with E-state index in [0.717, 1.165) is 5.56 Å². The number of non-ortho nitro benzene ring substituents is 1. The molecule has 0 saturated heterocycles. The van der Waals surface area contributed by atoms with Gasteiger partial charge in [0, 0.05) is 18.6 Å². The number of hydrogen-bond acceptors (Lipinski definition) is 7. The van der Waals surface area contributed by atoms with E-state index in [-0.39, 0.29) is 12.1 Å². The number of rotatable bonds is 7. The van der Waals surface area contributed by atoms with Gasteiger partial charge in [-0.3, -0.25) is 35.5 Å². The van der Waals surface area contributed by atoms with Gasteiger partial charge >= 0.3 is 0 Å². The SMILES string of the molecule is CC(=NNC(=O)C[C@H]1N=C(Cc2ccccc2)NNC1=O)c1ccc([N+](=O)[O-])cc1. The molecule has 3 N–H and O–H groups in total. The van der Waals surface area contributed by atoms with E-state index in [0.29, 0.717) is 23.5 Å². The van der Waals surface area contributed by atoms with E-state index >= 15 is 0 Å². The molecule has 1 aliphatic rings. The van der Waals surface area contributed by atoms with Crippen molar-refractivity contribution in [2.24, 2.45) is 10.1 Å². The quantitative estimate of drug-likeness (QED) is 0.362. The van der Waals surface area contributed by atoms with Crippen LogP contribution in [0.1, 0.15) is 24.5 Å². The first-order chi connectivity index (χ1) is 14.4. The molecule has 30 heavy (non-hydrogen) atoms. The number of nitro groups is 1. The number of nitrogens with zero attached hydrogens (tertiary/aromatic N) is 3. The van der Waals surface area contributed by atoms with E-state index in [1.54, 1.807) is 19.1 Å². The van der Waals surface area contributed by atoms with E-state index < -0.39 is 22.8 Å². The molecule has 1 atom stereocenters. The predicted octanol–water partition coefficient (Wildman–Crippen LogP) is 1.47. The highest BCUT2D eigenvalue weighted by molar-refractivity contribution is 6.00. The van der Waals surface area contributed by atoms with Gasteiger partial charge in [0.15, 0.2) is 0 Å². The van der Waals surface area contributed by atoms with Gasteiger partial charge in [0.05, 0.1) is 17.1 Å². The fourth-order valence-corrected chi connectivity index (χ4v) is 2.77. The molecule has 10 heteroatoms. The number of carbonyl (C=O) groups is 2.